The van der Waals surface area contributed by atoms with E-state index < -0.39 is 0 Å². The minimum Gasteiger partial charge on any atom is -0.117 e. The average molecular weight is 328 g/mol. The molecule has 1 heterocycles. The number of rotatable bonds is 6. The molecule has 0 fully saturated rings. The van der Waals surface area contributed by atoms with Crippen molar-refractivity contribution in [2.45, 2.75) is 44.9 Å². The molecule has 1 aliphatic heterocycles. The zero-order chi connectivity index (χ0) is 11.4. The summed E-state index contributed by atoms with van der Waals surface area (Å²) in [6.07, 6.45) is 5.34. The van der Waals surface area contributed by atoms with Gasteiger partial charge in [-0.2, -0.15) is 0 Å². The maximum Gasteiger partial charge on any atom is 0.0223 e. The summed E-state index contributed by atoms with van der Waals surface area (Å²) in [5.74, 6) is 0. The fraction of sp³-hybridized carbons (Fsp3) is 0.533. The molecule has 0 N–H and O–H groups in total. The topological polar surface area (TPSA) is 0 Å². The van der Waals surface area contributed by atoms with Crippen molar-refractivity contribution in [3.05, 3.63) is 35.9 Å². The van der Waals surface area contributed by atoms with Gasteiger partial charge in [-0.25, -0.2) is 0 Å². The Kier molecular flexibility index (Phi) is 4.17. The molecule has 0 unspecified atom stereocenters. The third-order valence-electron chi connectivity index (χ3n) is 3.47. The molecule has 1 aromatic rings. The summed E-state index contributed by atoms with van der Waals surface area (Å²) in [4.78, 5) is 0. The monoisotopic (exact) mass is 328 g/mol. The molecular weight excluding hydrogens is 307 g/mol. The van der Waals surface area contributed by atoms with Gasteiger partial charge < -0.3 is 0 Å². The number of benzene rings is 1. The Labute approximate surface area is 109 Å². The molecule has 2 rings (SSSR count). The zero-order valence-corrected chi connectivity index (χ0v) is 12.5. The van der Waals surface area contributed by atoms with Crippen molar-refractivity contribution in [2.24, 2.45) is 0 Å². The molecule has 0 nitrogen and oxygen atoms in total. The molecule has 0 aliphatic carbocycles. The summed E-state index contributed by atoms with van der Waals surface area (Å²) in [6.45, 7) is 4.66. The predicted molar refractivity (Wildman–Crippen MR) is 81.8 cm³/mol. The molecular formula is C15H21I. The second kappa shape index (κ2) is 5.44. The average Bonchev–Trinajstić information content (AvgIpc) is 3.14. The first-order chi connectivity index (χ1) is 7.83. The molecule has 0 atom stereocenters. The van der Waals surface area contributed by atoms with Crippen LogP contribution in [-0.4, -0.2) is 7.94 Å². The molecule has 88 valence electrons. The van der Waals surface area contributed by atoms with Crippen LogP contribution in [0.3, 0.4) is 0 Å². The highest BCUT2D eigenvalue weighted by molar-refractivity contribution is 14.2. The second-order valence-corrected chi connectivity index (χ2v) is 7.45. The lowest BCUT2D eigenvalue weighted by Crippen LogP contribution is -2.31. The van der Waals surface area contributed by atoms with Crippen LogP contribution in [0.1, 0.15) is 45.1 Å². The third kappa shape index (κ3) is 2.39. The van der Waals surface area contributed by atoms with E-state index in [1.165, 1.54) is 30.1 Å². The van der Waals surface area contributed by atoms with E-state index in [9.17, 15) is 0 Å². The summed E-state index contributed by atoms with van der Waals surface area (Å²) in [6, 6.07) is 11.2. The minimum absolute atomic E-state index is 0.450. The smallest absolute Gasteiger partial charge is 0.0223 e. The van der Waals surface area contributed by atoms with Crippen molar-refractivity contribution in [3.63, 3.8) is 0 Å². The lowest BCUT2D eigenvalue weighted by atomic mass is 9.71. The first kappa shape index (κ1) is 12.3. The molecule has 0 saturated heterocycles. The minimum atomic E-state index is 0.450. The van der Waals surface area contributed by atoms with Crippen molar-refractivity contribution in [2.75, 3.05) is 4.43 Å². The van der Waals surface area contributed by atoms with Crippen molar-refractivity contribution >= 4 is 24.2 Å². The molecule has 1 aliphatic rings. The van der Waals surface area contributed by atoms with E-state index in [2.05, 4.69) is 44.2 Å². The van der Waals surface area contributed by atoms with Gasteiger partial charge >= 0.3 is 0 Å². The van der Waals surface area contributed by atoms with Crippen LogP contribution in [0, 0.1) is 0 Å². The van der Waals surface area contributed by atoms with Crippen LogP contribution in [0.4, 0.5) is 0 Å². The van der Waals surface area contributed by atoms with Crippen LogP contribution in [0.25, 0.3) is 0 Å². The lowest BCUT2D eigenvalue weighted by Gasteiger charge is -2.32. The van der Waals surface area contributed by atoms with Crippen LogP contribution >= 0.6 is 20.7 Å². The lowest BCUT2D eigenvalue weighted by molar-refractivity contribution is 0.479. The fourth-order valence-corrected chi connectivity index (χ4v) is 5.24. The van der Waals surface area contributed by atoms with Gasteiger partial charge in [0.05, 0.1) is 0 Å². The Hall–Kier alpha value is -0.180. The highest BCUT2D eigenvalue weighted by Gasteiger charge is 2.38. The van der Waals surface area contributed by atoms with E-state index in [1.807, 2.05) is 3.51 Å². The molecule has 0 bridgehead atoms. The van der Waals surface area contributed by atoms with Gasteiger partial charge in [-0.05, 0) is 21.9 Å². The summed E-state index contributed by atoms with van der Waals surface area (Å²) in [5, 5.41) is 0. The molecule has 1 heteroatoms. The fourth-order valence-electron chi connectivity index (χ4n) is 2.74. The Balaban J connectivity index is 2.35. The van der Waals surface area contributed by atoms with E-state index in [0.29, 0.717) is 26.1 Å². The largest absolute Gasteiger partial charge is 0.117 e. The molecule has 0 radical (unpaired) electrons. The van der Waals surface area contributed by atoms with Gasteiger partial charge in [0.25, 0.3) is 0 Å². The maximum atomic E-state index is 2.35. The van der Waals surface area contributed by atoms with Crippen molar-refractivity contribution in [3.8, 4) is 0 Å². The summed E-state index contributed by atoms with van der Waals surface area (Å²) >= 11 is 0.450. The SMILES string of the molecule is CCCC(CCC)(C1=IC1)c1ccccc1. The first-order valence-corrected chi connectivity index (χ1v) is 8.95. The van der Waals surface area contributed by atoms with E-state index in [-0.39, 0.29) is 0 Å². The Bertz CT molecular complexity index is 358. The van der Waals surface area contributed by atoms with Crippen LogP contribution in [-0.2, 0) is 5.41 Å². The third-order valence-corrected chi connectivity index (χ3v) is 6.02. The molecule has 0 aromatic heterocycles. The van der Waals surface area contributed by atoms with Gasteiger partial charge in [0.15, 0.2) is 0 Å². The second-order valence-electron chi connectivity index (χ2n) is 4.62. The first-order valence-electron chi connectivity index (χ1n) is 6.34. The summed E-state index contributed by atoms with van der Waals surface area (Å²) in [7, 11) is 0. The van der Waals surface area contributed by atoms with Gasteiger partial charge in [0.1, 0.15) is 0 Å². The normalized spacial score (nSPS) is 15.2. The molecule has 0 saturated carbocycles. The van der Waals surface area contributed by atoms with Gasteiger partial charge in [-0.1, -0.05) is 57.0 Å². The van der Waals surface area contributed by atoms with Crippen LogP contribution < -0.4 is 0 Å². The standard InChI is InChI=1S/C15H21I/c1-3-10-15(11-4-2,14-12-16-14)13-8-6-5-7-9-13/h5-9H,3-4,10-12H2,1-2H3. The summed E-state index contributed by atoms with van der Waals surface area (Å²) < 4.78 is 3.40. The quantitative estimate of drug-likeness (QED) is 0.525. The van der Waals surface area contributed by atoms with E-state index in [0.717, 1.165) is 0 Å². The van der Waals surface area contributed by atoms with Gasteiger partial charge in [0.2, 0.25) is 0 Å². The number of hydrogen-bond donors (Lipinski definition) is 0. The van der Waals surface area contributed by atoms with E-state index >= 15 is 0 Å². The van der Waals surface area contributed by atoms with Gasteiger partial charge in [-0.3, -0.25) is 0 Å². The van der Waals surface area contributed by atoms with E-state index in [1.54, 1.807) is 5.56 Å². The Morgan fingerprint density at radius 3 is 2.06 bits per heavy atom. The summed E-state index contributed by atoms with van der Waals surface area (Å²) in [5.41, 5.74) is 2.06. The van der Waals surface area contributed by atoms with Crippen LogP contribution in [0.5, 0.6) is 0 Å². The highest BCUT2D eigenvalue weighted by Crippen LogP contribution is 2.44. The highest BCUT2D eigenvalue weighted by atomic mass is 127. The molecule has 1 aromatic carbocycles. The van der Waals surface area contributed by atoms with Crippen molar-refractivity contribution in [1.29, 1.82) is 0 Å². The van der Waals surface area contributed by atoms with Gasteiger partial charge in [-0.15, -0.1) is 20.7 Å². The number of halogens is 1. The number of hydrogen-bond acceptors (Lipinski definition) is 0. The maximum absolute atomic E-state index is 2.35. The van der Waals surface area contributed by atoms with Crippen LogP contribution in [0.15, 0.2) is 30.3 Å². The predicted octanol–water partition coefficient (Wildman–Crippen LogP) is 4.68. The molecule has 0 spiro atoms. The number of alkyl halides is 1. The Morgan fingerprint density at radius 1 is 1.06 bits per heavy atom. The van der Waals surface area contributed by atoms with Crippen molar-refractivity contribution in [1.82, 2.24) is 0 Å². The van der Waals surface area contributed by atoms with Crippen molar-refractivity contribution < 1.29 is 0 Å². The zero-order valence-electron chi connectivity index (χ0n) is 10.3. The Morgan fingerprint density at radius 2 is 1.62 bits per heavy atom. The van der Waals surface area contributed by atoms with Gasteiger partial charge in [0, 0.05) is 9.84 Å². The van der Waals surface area contributed by atoms with E-state index in [4.69, 9.17) is 0 Å². The molecule has 0 amide bonds. The van der Waals surface area contributed by atoms with Crippen LogP contribution in [0.2, 0.25) is 0 Å². The molecule has 16 heavy (non-hydrogen) atoms.